The number of allylic oxidation sites excluding steroid dienone is 1. The molecule has 1 saturated heterocycles. The first-order chi connectivity index (χ1) is 12.2. The fourth-order valence-electron chi connectivity index (χ4n) is 2.19. The van der Waals surface area contributed by atoms with Gasteiger partial charge in [0.15, 0.2) is 5.78 Å². The van der Waals surface area contributed by atoms with Crippen molar-refractivity contribution >= 4 is 47.0 Å². The Morgan fingerprint density at radius 1 is 1.00 bits per heavy atom. The molecule has 0 aliphatic carbocycles. The lowest BCUT2D eigenvalue weighted by atomic mass is 10.1. The molecule has 4 nitrogen and oxygen atoms in total. The molecule has 1 aromatic heterocycles. The lowest BCUT2D eigenvalue weighted by Crippen LogP contribution is -2.20. The van der Waals surface area contributed by atoms with Gasteiger partial charge in [0.05, 0.1) is 9.93 Å². The summed E-state index contributed by atoms with van der Waals surface area (Å²) in [7, 11) is 0. The number of benzene rings is 1. The number of nitrogens with one attached hydrogen (secondary N) is 1. The zero-order valence-corrected chi connectivity index (χ0v) is 15.0. The minimum Gasteiger partial charge on any atom is -0.322 e. The standard InChI is InChI=1S/C19H16N2O2S2/c22-16(10-9-14-6-4-5-11-20-14)17(19-24-12-13-25-19)18(23)21-15-7-2-1-3-8-15/h1-11H,12-13H2,(H,21,23)/b10-9+. The van der Waals surface area contributed by atoms with Gasteiger partial charge in [-0.2, -0.15) is 0 Å². The number of carbonyl (C=O) groups excluding carboxylic acids is 2. The van der Waals surface area contributed by atoms with Gasteiger partial charge in [-0.3, -0.25) is 14.6 Å². The number of carbonyl (C=O) groups is 2. The predicted octanol–water partition coefficient (Wildman–Crippen LogP) is 3.99. The van der Waals surface area contributed by atoms with Crippen LogP contribution in [0.15, 0.2) is 70.6 Å². The zero-order chi connectivity index (χ0) is 17.5. The summed E-state index contributed by atoms with van der Waals surface area (Å²) in [5.41, 5.74) is 1.54. The Morgan fingerprint density at radius 2 is 1.72 bits per heavy atom. The summed E-state index contributed by atoms with van der Waals surface area (Å²) in [5.74, 6) is 1.12. The number of para-hydroxylation sites is 1. The third kappa shape index (κ3) is 4.84. The van der Waals surface area contributed by atoms with Crippen LogP contribution in [0, 0.1) is 0 Å². The predicted molar refractivity (Wildman–Crippen MR) is 105 cm³/mol. The van der Waals surface area contributed by atoms with Gasteiger partial charge in [-0.15, -0.1) is 23.5 Å². The molecular formula is C19H16N2O2S2. The van der Waals surface area contributed by atoms with Crippen LogP contribution < -0.4 is 5.32 Å². The van der Waals surface area contributed by atoms with Crippen molar-refractivity contribution in [3.8, 4) is 0 Å². The Morgan fingerprint density at radius 3 is 2.40 bits per heavy atom. The second-order valence-electron chi connectivity index (χ2n) is 5.13. The monoisotopic (exact) mass is 368 g/mol. The number of thioether (sulfide) groups is 2. The summed E-state index contributed by atoms with van der Waals surface area (Å²) < 4.78 is 0.782. The average Bonchev–Trinajstić information content (AvgIpc) is 3.16. The molecule has 0 atom stereocenters. The summed E-state index contributed by atoms with van der Waals surface area (Å²) in [6.07, 6.45) is 4.70. The van der Waals surface area contributed by atoms with E-state index in [0.717, 1.165) is 15.7 Å². The van der Waals surface area contributed by atoms with E-state index in [-0.39, 0.29) is 17.3 Å². The Kier molecular flexibility index (Phi) is 6.09. The number of pyridine rings is 1. The number of ketones is 1. The SMILES string of the molecule is O=C(/C=C/c1ccccn1)C(C(=O)Nc1ccccc1)=C1SCCS1. The Labute approximate surface area is 154 Å². The third-order valence-electron chi connectivity index (χ3n) is 3.35. The van der Waals surface area contributed by atoms with Gasteiger partial charge in [0.1, 0.15) is 5.57 Å². The van der Waals surface area contributed by atoms with E-state index in [9.17, 15) is 9.59 Å². The van der Waals surface area contributed by atoms with Gasteiger partial charge in [-0.25, -0.2) is 0 Å². The van der Waals surface area contributed by atoms with Crippen LogP contribution in [0.3, 0.4) is 0 Å². The first kappa shape index (κ1) is 17.5. The van der Waals surface area contributed by atoms with E-state index in [0.29, 0.717) is 11.4 Å². The first-order valence-corrected chi connectivity index (χ1v) is 9.71. The van der Waals surface area contributed by atoms with Crippen LogP contribution in [0.25, 0.3) is 6.08 Å². The summed E-state index contributed by atoms with van der Waals surface area (Å²) in [6.45, 7) is 0. The molecular weight excluding hydrogens is 352 g/mol. The van der Waals surface area contributed by atoms with Gasteiger partial charge in [0.2, 0.25) is 0 Å². The van der Waals surface area contributed by atoms with Gasteiger partial charge in [0, 0.05) is 23.4 Å². The molecule has 6 heteroatoms. The summed E-state index contributed by atoms with van der Waals surface area (Å²) in [4.78, 5) is 29.5. The van der Waals surface area contributed by atoms with Crippen LogP contribution in [0.5, 0.6) is 0 Å². The van der Waals surface area contributed by atoms with Crippen molar-refractivity contribution in [2.24, 2.45) is 0 Å². The average molecular weight is 368 g/mol. The number of aromatic nitrogens is 1. The second kappa shape index (κ2) is 8.69. The van der Waals surface area contributed by atoms with Crippen LogP contribution in [-0.2, 0) is 9.59 Å². The van der Waals surface area contributed by atoms with Crippen LogP contribution in [0.1, 0.15) is 5.69 Å². The highest BCUT2D eigenvalue weighted by molar-refractivity contribution is 8.25. The van der Waals surface area contributed by atoms with Crippen LogP contribution in [-0.4, -0.2) is 28.2 Å². The fraction of sp³-hybridized carbons (Fsp3) is 0.105. The molecule has 2 aromatic rings. The molecule has 0 unspecified atom stereocenters. The van der Waals surface area contributed by atoms with Gasteiger partial charge in [0.25, 0.3) is 5.91 Å². The molecule has 1 N–H and O–H groups in total. The summed E-state index contributed by atoms with van der Waals surface area (Å²) >= 11 is 3.10. The van der Waals surface area contributed by atoms with E-state index in [2.05, 4.69) is 10.3 Å². The topological polar surface area (TPSA) is 59.1 Å². The minimum absolute atomic E-state index is 0.198. The lowest BCUT2D eigenvalue weighted by Gasteiger charge is -2.09. The zero-order valence-electron chi connectivity index (χ0n) is 13.3. The molecule has 126 valence electrons. The minimum atomic E-state index is -0.376. The van der Waals surface area contributed by atoms with E-state index in [1.807, 2.05) is 30.3 Å². The number of amides is 1. The summed E-state index contributed by atoms with van der Waals surface area (Å²) in [6, 6.07) is 14.6. The summed E-state index contributed by atoms with van der Waals surface area (Å²) in [5, 5.41) is 2.80. The van der Waals surface area contributed by atoms with E-state index in [1.165, 1.54) is 6.08 Å². The van der Waals surface area contributed by atoms with Crippen molar-refractivity contribution in [1.29, 1.82) is 0 Å². The quantitative estimate of drug-likeness (QED) is 0.491. The molecule has 1 fully saturated rings. The van der Waals surface area contributed by atoms with Crippen LogP contribution in [0.4, 0.5) is 5.69 Å². The molecule has 3 rings (SSSR count). The van der Waals surface area contributed by atoms with Crippen LogP contribution in [0.2, 0.25) is 0 Å². The first-order valence-electron chi connectivity index (χ1n) is 7.74. The molecule has 0 radical (unpaired) electrons. The smallest absolute Gasteiger partial charge is 0.261 e. The van der Waals surface area contributed by atoms with E-state index < -0.39 is 0 Å². The van der Waals surface area contributed by atoms with Crippen molar-refractivity contribution in [2.45, 2.75) is 0 Å². The van der Waals surface area contributed by atoms with Gasteiger partial charge < -0.3 is 5.32 Å². The number of anilines is 1. The maximum absolute atomic E-state index is 12.7. The van der Waals surface area contributed by atoms with E-state index in [4.69, 9.17) is 0 Å². The van der Waals surface area contributed by atoms with Crippen molar-refractivity contribution in [1.82, 2.24) is 4.98 Å². The van der Waals surface area contributed by atoms with E-state index in [1.54, 1.807) is 54.0 Å². The number of hydrogen-bond donors (Lipinski definition) is 1. The highest BCUT2D eigenvalue weighted by Crippen LogP contribution is 2.39. The van der Waals surface area contributed by atoms with Crippen molar-refractivity contribution < 1.29 is 9.59 Å². The maximum Gasteiger partial charge on any atom is 0.261 e. The molecule has 1 aliphatic rings. The maximum atomic E-state index is 12.7. The molecule has 25 heavy (non-hydrogen) atoms. The van der Waals surface area contributed by atoms with Crippen molar-refractivity contribution in [2.75, 3.05) is 16.8 Å². The number of nitrogens with zero attached hydrogens (tertiary/aromatic N) is 1. The fourth-order valence-corrected chi connectivity index (χ4v) is 4.74. The molecule has 0 bridgehead atoms. The van der Waals surface area contributed by atoms with Gasteiger partial charge in [-0.05, 0) is 36.4 Å². The largest absolute Gasteiger partial charge is 0.322 e. The normalized spacial score (nSPS) is 13.8. The molecule has 1 aliphatic heterocycles. The molecule has 0 spiro atoms. The Hall–Kier alpha value is -2.31. The lowest BCUT2D eigenvalue weighted by molar-refractivity contribution is -0.117. The van der Waals surface area contributed by atoms with Gasteiger partial charge in [-0.1, -0.05) is 24.3 Å². The Balaban J connectivity index is 1.83. The van der Waals surface area contributed by atoms with Crippen molar-refractivity contribution in [3.05, 3.63) is 76.3 Å². The molecule has 0 saturated carbocycles. The van der Waals surface area contributed by atoms with E-state index >= 15 is 0 Å². The number of rotatable bonds is 5. The highest BCUT2D eigenvalue weighted by Gasteiger charge is 2.25. The molecule has 2 heterocycles. The highest BCUT2D eigenvalue weighted by atomic mass is 32.2. The molecule has 1 aromatic carbocycles. The second-order valence-corrected chi connectivity index (χ2v) is 7.60. The van der Waals surface area contributed by atoms with Crippen molar-refractivity contribution in [3.63, 3.8) is 0 Å². The van der Waals surface area contributed by atoms with Crippen LogP contribution >= 0.6 is 23.5 Å². The molecule has 1 amide bonds. The van der Waals surface area contributed by atoms with Gasteiger partial charge >= 0.3 is 0 Å². The Bertz CT molecular complexity index is 810. The third-order valence-corrected chi connectivity index (χ3v) is 6.07. The number of hydrogen-bond acceptors (Lipinski definition) is 5.